The zero-order valence-electron chi connectivity index (χ0n) is 7.92. The van der Waals surface area contributed by atoms with Crippen molar-refractivity contribution >= 4 is 0 Å². The normalized spacial score (nSPS) is 18.3. The quantitative estimate of drug-likeness (QED) is 0.684. The van der Waals surface area contributed by atoms with E-state index in [9.17, 15) is 0 Å². The molecule has 0 atom stereocenters. The fraction of sp³-hybridized carbons (Fsp3) is 0.417. The Morgan fingerprint density at radius 1 is 1.31 bits per heavy atom. The molecule has 0 bridgehead atoms. The lowest BCUT2D eigenvalue weighted by atomic mass is 10.2. The molecule has 1 aromatic rings. The van der Waals surface area contributed by atoms with Gasteiger partial charge in [0.05, 0.1) is 6.61 Å². The van der Waals surface area contributed by atoms with E-state index in [1.54, 1.807) is 0 Å². The third kappa shape index (κ3) is 2.24. The van der Waals surface area contributed by atoms with Crippen molar-refractivity contribution in [3.05, 3.63) is 36.8 Å². The average molecular weight is 174 g/mol. The lowest BCUT2D eigenvalue weighted by molar-refractivity contribution is 0.247. The highest BCUT2D eigenvalue weighted by atomic mass is 16.5. The third-order valence-electron chi connectivity index (χ3n) is 2.57. The van der Waals surface area contributed by atoms with Crippen molar-refractivity contribution in [2.75, 3.05) is 6.61 Å². The van der Waals surface area contributed by atoms with E-state index >= 15 is 0 Å². The molecule has 0 amide bonds. The van der Waals surface area contributed by atoms with Crippen LogP contribution in [0.15, 0.2) is 24.3 Å². The van der Waals surface area contributed by atoms with E-state index in [1.807, 2.05) is 24.3 Å². The summed E-state index contributed by atoms with van der Waals surface area (Å²) in [5, 5.41) is 0. The molecule has 0 heterocycles. The van der Waals surface area contributed by atoms with Crippen LogP contribution >= 0.6 is 0 Å². The van der Waals surface area contributed by atoms with E-state index in [-0.39, 0.29) is 0 Å². The van der Waals surface area contributed by atoms with Crippen LogP contribution in [-0.4, -0.2) is 6.61 Å². The lowest BCUT2D eigenvalue weighted by Crippen LogP contribution is -2.08. The van der Waals surface area contributed by atoms with E-state index in [4.69, 9.17) is 11.7 Å². The molecule has 1 aliphatic carbocycles. The van der Waals surface area contributed by atoms with Crippen LogP contribution in [0.2, 0.25) is 0 Å². The van der Waals surface area contributed by atoms with Crippen molar-refractivity contribution in [1.29, 1.82) is 0 Å². The molecule has 68 valence electrons. The maximum absolute atomic E-state index is 5.63. The Labute approximate surface area is 79.7 Å². The molecule has 1 aliphatic rings. The summed E-state index contributed by atoms with van der Waals surface area (Å²) in [6, 6.07) is 7.57. The van der Waals surface area contributed by atoms with Crippen LogP contribution in [0.25, 0.3) is 0 Å². The summed E-state index contributed by atoms with van der Waals surface area (Å²) in [6.07, 6.45) is 2.59. The monoisotopic (exact) mass is 174 g/mol. The van der Waals surface area contributed by atoms with Crippen LogP contribution in [0.4, 0.5) is 0 Å². The Kier molecular flexibility index (Phi) is 2.03. The molecule has 13 heavy (non-hydrogen) atoms. The number of hydrogen-bond donors (Lipinski definition) is 0. The van der Waals surface area contributed by atoms with Crippen LogP contribution in [0.3, 0.4) is 0 Å². The van der Waals surface area contributed by atoms with Gasteiger partial charge in [0.2, 0.25) is 0 Å². The molecule has 0 aromatic heterocycles. The molecular formula is C12H14O. The minimum Gasteiger partial charge on any atom is -0.493 e. The Bertz CT molecular complexity index is 282. The highest BCUT2D eigenvalue weighted by Crippen LogP contribution is 2.44. The van der Waals surface area contributed by atoms with E-state index in [2.05, 4.69) is 6.92 Å². The van der Waals surface area contributed by atoms with Crippen molar-refractivity contribution in [3.63, 3.8) is 0 Å². The van der Waals surface area contributed by atoms with Crippen molar-refractivity contribution in [2.24, 2.45) is 5.41 Å². The van der Waals surface area contributed by atoms with E-state index < -0.39 is 0 Å². The summed E-state index contributed by atoms with van der Waals surface area (Å²) in [7, 11) is 0. The highest BCUT2D eigenvalue weighted by Gasteiger charge is 2.37. The highest BCUT2D eigenvalue weighted by molar-refractivity contribution is 5.28. The van der Waals surface area contributed by atoms with Crippen molar-refractivity contribution in [3.8, 4) is 5.75 Å². The molecule has 1 fully saturated rings. The van der Waals surface area contributed by atoms with Gasteiger partial charge in [0.15, 0.2) is 0 Å². The maximum atomic E-state index is 5.63. The molecule has 0 saturated heterocycles. The standard InChI is InChI=1S/C12H14O/c1-10-3-5-11(6-4-10)13-9-12(2)7-8-12/h1,3-6H,7-9H2,2H3. The first-order chi connectivity index (χ1) is 6.18. The SMILES string of the molecule is [CH]c1ccc(OCC2(C)CC2)cc1. The molecule has 1 nitrogen and oxygen atoms in total. The van der Waals surface area contributed by atoms with Gasteiger partial charge >= 0.3 is 0 Å². The summed E-state index contributed by atoms with van der Waals surface area (Å²) < 4.78 is 5.63. The average Bonchev–Trinajstić information content (AvgIpc) is 2.84. The zero-order valence-corrected chi connectivity index (χ0v) is 7.92. The van der Waals surface area contributed by atoms with Crippen LogP contribution < -0.4 is 4.74 Å². The lowest BCUT2D eigenvalue weighted by Gasteiger charge is -2.10. The van der Waals surface area contributed by atoms with E-state index in [0.717, 1.165) is 17.9 Å². The molecule has 0 aliphatic heterocycles. The maximum Gasteiger partial charge on any atom is 0.119 e. The van der Waals surface area contributed by atoms with Gasteiger partial charge < -0.3 is 4.74 Å². The number of benzene rings is 1. The van der Waals surface area contributed by atoms with Crippen LogP contribution in [0.1, 0.15) is 25.3 Å². The summed E-state index contributed by atoms with van der Waals surface area (Å²) >= 11 is 0. The number of hydrogen-bond acceptors (Lipinski definition) is 1. The van der Waals surface area contributed by atoms with Gasteiger partial charge in [-0.2, -0.15) is 0 Å². The smallest absolute Gasteiger partial charge is 0.119 e. The molecule has 2 rings (SSSR count). The van der Waals surface area contributed by atoms with Crippen LogP contribution in [-0.2, 0) is 0 Å². The van der Waals surface area contributed by atoms with Crippen molar-refractivity contribution < 1.29 is 4.74 Å². The Balaban J connectivity index is 1.91. The topological polar surface area (TPSA) is 9.23 Å². The fourth-order valence-electron chi connectivity index (χ4n) is 1.18. The summed E-state index contributed by atoms with van der Waals surface area (Å²) in [5.41, 5.74) is 1.23. The molecule has 2 radical (unpaired) electrons. The first kappa shape index (κ1) is 8.61. The second kappa shape index (κ2) is 3.06. The molecule has 0 unspecified atom stereocenters. The van der Waals surface area contributed by atoms with E-state index in [0.29, 0.717) is 5.41 Å². The predicted octanol–water partition coefficient (Wildman–Crippen LogP) is 2.92. The van der Waals surface area contributed by atoms with Gasteiger partial charge in [-0.15, -0.1) is 0 Å². The van der Waals surface area contributed by atoms with Crippen molar-refractivity contribution in [2.45, 2.75) is 19.8 Å². The summed E-state index contributed by atoms with van der Waals surface area (Å²) in [6.45, 7) is 8.65. The molecule has 0 N–H and O–H groups in total. The number of rotatable bonds is 3. The molecule has 1 aromatic carbocycles. The summed E-state index contributed by atoms with van der Waals surface area (Å²) in [5.74, 6) is 0.919. The second-order valence-corrected chi connectivity index (χ2v) is 4.17. The molecule has 1 heteroatoms. The minimum absolute atomic E-state index is 0.446. The van der Waals surface area contributed by atoms with Gasteiger partial charge in [0, 0.05) is 5.41 Å². The van der Waals surface area contributed by atoms with Gasteiger partial charge in [-0.3, -0.25) is 0 Å². The Hall–Kier alpha value is -0.980. The van der Waals surface area contributed by atoms with Gasteiger partial charge in [-0.25, -0.2) is 0 Å². The number of ether oxygens (including phenoxy) is 1. The van der Waals surface area contributed by atoms with Crippen LogP contribution in [0.5, 0.6) is 5.75 Å². The third-order valence-corrected chi connectivity index (χ3v) is 2.57. The van der Waals surface area contributed by atoms with Crippen molar-refractivity contribution in [1.82, 2.24) is 0 Å². The minimum atomic E-state index is 0.446. The van der Waals surface area contributed by atoms with Gasteiger partial charge in [-0.1, -0.05) is 19.1 Å². The van der Waals surface area contributed by atoms with Crippen LogP contribution in [0, 0.1) is 12.3 Å². The first-order valence-corrected chi connectivity index (χ1v) is 4.66. The van der Waals surface area contributed by atoms with Gasteiger partial charge in [0.25, 0.3) is 0 Å². The molecule has 1 saturated carbocycles. The largest absolute Gasteiger partial charge is 0.493 e. The summed E-state index contributed by atoms with van der Waals surface area (Å²) in [4.78, 5) is 0. The zero-order chi connectivity index (χ0) is 9.31. The van der Waals surface area contributed by atoms with Gasteiger partial charge in [-0.05, 0) is 37.5 Å². The van der Waals surface area contributed by atoms with Gasteiger partial charge in [0.1, 0.15) is 5.75 Å². The Morgan fingerprint density at radius 3 is 2.46 bits per heavy atom. The van der Waals surface area contributed by atoms with E-state index in [1.165, 1.54) is 12.8 Å². The fourth-order valence-corrected chi connectivity index (χ4v) is 1.18. The molecular weight excluding hydrogens is 160 g/mol. The second-order valence-electron chi connectivity index (χ2n) is 4.17. The Morgan fingerprint density at radius 2 is 1.92 bits per heavy atom. The first-order valence-electron chi connectivity index (χ1n) is 4.66. The predicted molar refractivity (Wildman–Crippen MR) is 52.7 cm³/mol. The molecule has 0 spiro atoms.